The van der Waals surface area contributed by atoms with E-state index in [-0.39, 0.29) is 12.5 Å². The Morgan fingerprint density at radius 1 is 1.27 bits per heavy atom. The van der Waals surface area contributed by atoms with Gasteiger partial charge in [-0.25, -0.2) is 0 Å². The number of rotatable bonds is 6. The van der Waals surface area contributed by atoms with Gasteiger partial charge in [0.05, 0.1) is 18.9 Å². The van der Waals surface area contributed by atoms with Crippen LogP contribution in [0.4, 0.5) is 5.69 Å². The topological polar surface area (TPSA) is 68.0 Å². The van der Waals surface area contributed by atoms with Crippen molar-refractivity contribution in [2.75, 3.05) is 51.4 Å². The van der Waals surface area contributed by atoms with Crippen molar-refractivity contribution in [3.05, 3.63) is 24.3 Å². The van der Waals surface area contributed by atoms with E-state index < -0.39 is 6.04 Å². The van der Waals surface area contributed by atoms with E-state index in [1.165, 1.54) is 0 Å². The fourth-order valence-electron chi connectivity index (χ4n) is 2.65. The molecule has 0 bridgehead atoms. The first-order valence-corrected chi connectivity index (χ1v) is 7.67. The normalized spacial score (nSPS) is 16.5. The number of benzene rings is 1. The molecule has 1 amide bonds. The van der Waals surface area contributed by atoms with Crippen LogP contribution in [0, 0.1) is 0 Å². The van der Waals surface area contributed by atoms with Gasteiger partial charge in [0, 0.05) is 33.3 Å². The van der Waals surface area contributed by atoms with Crippen molar-refractivity contribution in [3.63, 3.8) is 0 Å². The molecular formula is C16H25N3O3. The van der Waals surface area contributed by atoms with Crippen LogP contribution in [0.25, 0.3) is 0 Å². The van der Waals surface area contributed by atoms with E-state index in [1.807, 2.05) is 30.0 Å². The van der Waals surface area contributed by atoms with Gasteiger partial charge >= 0.3 is 0 Å². The number of hydrogen-bond donors (Lipinski definition) is 1. The third-order valence-corrected chi connectivity index (χ3v) is 3.76. The first kappa shape index (κ1) is 16.6. The minimum atomic E-state index is -0.577. The summed E-state index contributed by atoms with van der Waals surface area (Å²) < 4.78 is 10.6. The number of nitrogens with zero attached hydrogens (tertiary/aromatic N) is 2. The van der Waals surface area contributed by atoms with E-state index in [4.69, 9.17) is 15.2 Å². The molecule has 1 unspecified atom stereocenters. The molecule has 6 heteroatoms. The van der Waals surface area contributed by atoms with E-state index in [2.05, 4.69) is 11.0 Å². The average Bonchev–Trinajstić information content (AvgIpc) is 2.55. The number of ether oxygens (including phenoxy) is 2. The predicted octanol–water partition coefficient (Wildman–Crippen LogP) is 0.708. The summed E-state index contributed by atoms with van der Waals surface area (Å²) in [4.78, 5) is 16.2. The van der Waals surface area contributed by atoms with Gasteiger partial charge in [-0.15, -0.1) is 0 Å². The standard InChI is InChI=1S/C16H25N3O3/c1-3-22-15-7-5-4-6-14(15)18-8-10-19(11-9-18)16(20)13(17)12-21-2/h4-7,13H,3,8-12,17H2,1-2H3. The second kappa shape index (κ2) is 8.00. The van der Waals surface area contributed by atoms with Crippen molar-refractivity contribution in [2.45, 2.75) is 13.0 Å². The predicted molar refractivity (Wildman–Crippen MR) is 86.3 cm³/mol. The lowest BCUT2D eigenvalue weighted by molar-refractivity contribution is -0.134. The third-order valence-electron chi connectivity index (χ3n) is 3.76. The van der Waals surface area contributed by atoms with Gasteiger partial charge < -0.3 is 25.0 Å². The molecule has 0 radical (unpaired) electrons. The van der Waals surface area contributed by atoms with E-state index in [1.54, 1.807) is 7.11 Å². The smallest absolute Gasteiger partial charge is 0.241 e. The van der Waals surface area contributed by atoms with E-state index >= 15 is 0 Å². The Balaban J connectivity index is 1.96. The minimum Gasteiger partial charge on any atom is -0.492 e. The van der Waals surface area contributed by atoms with Gasteiger partial charge in [-0.2, -0.15) is 0 Å². The van der Waals surface area contributed by atoms with Gasteiger partial charge in [0.2, 0.25) is 5.91 Å². The van der Waals surface area contributed by atoms with Crippen molar-refractivity contribution < 1.29 is 14.3 Å². The molecule has 1 fully saturated rings. The molecule has 1 heterocycles. The highest BCUT2D eigenvalue weighted by atomic mass is 16.5. The van der Waals surface area contributed by atoms with Crippen LogP contribution < -0.4 is 15.4 Å². The van der Waals surface area contributed by atoms with Crippen LogP contribution in [0.15, 0.2) is 24.3 Å². The van der Waals surface area contributed by atoms with Crippen molar-refractivity contribution in [3.8, 4) is 5.75 Å². The zero-order valence-corrected chi connectivity index (χ0v) is 13.3. The van der Waals surface area contributed by atoms with E-state index in [0.717, 1.165) is 24.5 Å². The maximum Gasteiger partial charge on any atom is 0.241 e. The summed E-state index contributed by atoms with van der Waals surface area (Å²) in [7, 11) is 1.55. The monoisotopic (exact) mass is 307 g/mol. The highest BCUT2D eigenvalue weighted by Crippen LogP contribution is 2.28. The molecule has 1 saturated heterocycles. The molecule has 1 aliphatic heterocycles. The van der Waals surface area contributed by atoms with Crippen LogP contribution in [0.3, 0.4) is 0 Å². The molecule has 6 nitrogen and oxygen atoms in total. The number of hydrogen-bond acceptors (Lipinski definition) is 5. The SMILES string of the molecule is CCOc1ccccc1N1CCN(C(=O)C(N)COC)CC1. The number of carbonyl (C=O) groups is 1. The zero-order chi connectivity index (χ0) is 15.9. The van der Waals surface area contributed by atoms with Gasteiger partial charge in [-0.05, 0) is 19.1 Å². The highest BCUT2D eigenvalue weighted by Gasteiger charge is 2.26. The van der Waals surface area contributed by atoms with Crippen LogP contribution in [0.5, 0.6) is 5.75 Å². The summed E-state index contributed by atoms with van der Waals surface area (Å²) in [5.74, 6) is 0.848. The summed E-state index contributed by atoms with van der Waals surface area (Å²) in [5, 5.41) is 0. The summed E-state index contributed by atoms with van der Waals surface area (Å²) in [6, 6.07) is 7.43. The molecule has 0 aliphatic carbocycles. The number of para-hydroxylation sites is 2. The number of methoxy groups -OCH3 is 1. The first-order chi connectivity index (χ1) is 10.7. The molecule has 1 aromatic rings. The van der Waals surface area contributed by atoms with Gasteiger partial charge in [0.15, 0.2) is 0 Å². The highest BCUT2D eigenvalue weighted by molar-refractivity contribution is 5.82. The van der Waals surface area contributed by atoms with E-state index in [0.29, 0.717) is 19.7 Å². The summed E-state index contributed by atoms with van der Waals surface area (Å²) in [5.41, 5.74) is 6.90. The number of amides is 1. The van der Waals surface area contributed by atoms with Crippen molar-refractivity contribution in [1.82, 2.24) is 4.90 Å². The molecule has 1 atom stereocenters. The molecule has 0 spiro atoms. The van der Waals surface area contributed by atoms with Gasteiger partial charge in [-0.1, -0.05) is 12.1 Å². The van der Waals surface area contributed by atoms with Crippen LogP contribution >= 0.6 is 0 Å². The Kier molecular flexibility index (Phi) is 6.03. The number of piperazine rings is 1. The van der Waals surface area contributed by atoms with Gasteiger partial charge in [0.1, 0.15) is 11.8 Å². The molecule has 1 aliphatic rings. The summed E-state index contributed by atoms with van der Waals surface area (Å²) in [6.07, 6.45) is 0. The second-order valence-electron chi connectivity index (χ2n) is 5.27. The maximum absolute atomic E-state index is 12.2. The molecule has 22 heavy (non-hydrogen) atoms. The molecular weight excluding hydrogens is 282 g/mol. The maximum atomic E-state index is 12.2. The molecule has 122 valence electrons. The Bertz CT molecular complexity index is 487. The Morgan fingerprint density at radius 3 is 2.59 bits per heavy atom. The quantitative estimate of drug-likeness (QED) is 0.838. The first-order valence-electron chi connectivity index (χ1n) is 7.67. The number of anilines is 1. The fourth-order valence-corrected chi connectivity index (χ4v) is 2.65. The summed E-state index contributed by atoms with van der Waals surface area (Å²) >= 11 is 0. The van der Waals surface area contributed by atoms with Gasteiger partial charge in [0.25, 0.3) is 0 Å². The molecule has 0 saturated carbocycles. The van der Waals surface area contributed by atoms with Crippen molar-refractivity contribution in [1.29, 1.82) is 0 Å². The lowest BCUT2D eigenvalue weighted by atomic mass is 10.2. The lowest BCUT2D eigenvalue weighted by Gasteiger charge is -2.37. The molecule has 0 aromatic heterocycles. The number of carbonyl (C=O) groups excluding carboxylic acids is 1. The zero-order valence-electron chi connectivity index (χ0n) is 13.3. The number of nitrogens with two attached hydrogens (primary N) is 1. The average molecular weight is 307 g/mol. The fraction of sp³-hybridized carbons (Fsp3) is 0.562. The second-order valence-corrected chi connectivity index (χ2v) is 5.27. The van der Waals surface area contributed by atoms with Gasteiger partial charge in [-0.3, -0.25) is 4.79 Å². The van der Waals surface area contributed by atoms with Crippen molar-refractivity contribution in [2.24, 2.45) is 5.73 Å². The Labute approximate surface area is 131 Å². The van der Waals surface area contributed by atoms with E-state index in [9.17, 15) is 4.79 Å². The molecule has 1 aromatic carbocycles. The van der Waals surface area contributed by atoms with Crippen LogP contribution in [-0.4, -0.2) is 63.4 Å². The Hall–Kier alpha value is -1.79. The Morgan fingerprint density at radius 2 is 1.95 bits per heavy atom. The summed E-state index contributed by atoms with van der Waals surface area (Å²) in [6.45, 7) is 5.75. The molecule has 2 N–H and O–H groups in total. The third kappa shape index (κ3) is 3.90. The van der Waals surface area contributed by atoms with Crippen LogP contribution in [-0.2, 0) is 9.53 Å². The largest absolute Gasteiger partial charge is 0.492 e. The van der Waals surface area contributed by atoms with Crippen LogP contribution in [0.2, 0.25) is 0 Å². The lowest BCUT2D eigenvalue weighted by Crippen LogP contribution is -2.54. The molecule has 2 rings (SSSR count). The van der Waals surface area contributed by atoms with Crippen molar-refractivity contribution >= 4 is 11.6 Å². The van der Waals surface area contributed by atoms with Crippen LogP contribution in [0.1, 0.15) is 6.92 Å². The minimum absolute atomic E-state index is 0.0420.